The van der Waals surface area contributed by atoms with Gasteiger partial charge in [0.15, 0.2) is 0 Å². The number of anilines is 1. The van der Waals surface area contributed by atoms with E-state index < -0.39 is 0 Å². The lowest BCUT2D eigenvalue weighted by molar-refractivity contribution is 0.0745. The van der Waals surface area contributed by atoms with Crippen LogP contribution in [-0.2, 0) is 0 Å². The molecule has 27 heavy (non-hydrogen) atoms. The molecule has 0 unspecified atom stereocenters. The number of aryl methyl sites for hydroxylation is 3. The highest BCUT2D eigenvalue weighted by Crippen LogP contribution is 2.26. The molecule has 1 aliphatic heterocycles. The number of hydrogen-bond acceptors (Lipinski definition) is 6. The van der Waals surface area contributed by atoms with Gasteiger partial charge in [-0.25, -0.2) is 4.98 Å². The summed E-state index contributed by atoms with van der Waals surface area (Å²) in [6, 6.07) is 6.43. The van der Waals surface area contributed by atoms with Crippen molar-refractivity contribution in [1.29, 1.82) is 0 Å². The zero-order chi connectivity index (χ0) is 19.1. The third-order valence-corrected chi connectivity index (χ3v) is 5.08. The fraction of sp³-hybridized carbons (Fsp3) is 0.368. The van der Waals surface area contributed by atoms with E-state index in [-0.39, 0.29) is 11.1 Å². The summed E-state index contributed by atoms with van der Waals surface area (Å²) in [5, 5.41) is 9.07. The zero-order valence-electron chi connectivity index (χ0n) is 15.5. The van der Waals surface area contributed by atoms with Crippen molar-refractivity contribution in [2.75, 3.05) is 31.1 Å². The quantitative estimate of drug-likeness (QED) is 0.631. The van der Waals surface area contributed by atoms with Crippen LogP contribution >= 0.6 is 11.6 Å². The van der Waals surface area contributed by atoms with Crippen LogP contribution in [0.25, 0.3) is 10.9 Å². The fourth-order valence-corrected chi connectivity index (χ4v) is 3.68. The normalized spacial score (nSPS) is 14.8. The number of benzene rings is 1. The molecule has 140 valence electrons. The van der Waals surface area contributed by atoms with Crippen LogP contribution in [0.2, 0.25) is 5.15 Å². The van der Waals surface area contributed by atoms with Crippen LogP contribution < -0.4 is 4.90 Å². The molecule has 1 aromatic carbocycles. The maximum atomic E-state index is 13.0. The van der Waals surface area contributed by atoms with Crippen LogP contribution in [0, 0.1) is 20.8 Å². The molecule has 4 rings (SSSR count). The van der Waals surface area contributed by atoms with Gasteiger partial charge in [0.05, 0.1) is 11.1 Å². The van der Waals surface area contributed by atoms with Gasteiger partial charge in [0.2, 0.25) is 5.89 Å². The number of pyridine rings is 1. The molecular formula is C19H20ClN5O2. The highest BCUT2D eigenvalue weighted by Gasteiger charge is 2.26. The third-order valence-electron chi connectivity index (χ3n) is 4.79. The molecule has 1 amide bonds. The average molecular weight is 386 g/mol. The average Bonchev–Trinajstić information content (AvgIpc) is 3.08. The summed E-state index contributed by atoms with van der Waals surface area (Å²) in [5.41, 5.74) is 3.45. The molecule has 7 nitrogen and oxygen atoms in total. The number of carbonyl (C=O) groups excluding carboxylic acids is 1. The van der Waals surface area contributed by atoms with Crippen LogP contribution in [-0.4, -0.2) is 52.2 Å². The Morgan fingerprint density at radius 1 is 1.07 bits per heavy atom. The lowest BCUT2D eigenvalue weighted by atomic mass is 10.0. The van der Waals surface area contributed by atoms with Crippen molar-refractivity contribution in [2.45, 2.75) is 20.8 Å². The van der Waals surface area contributed by atoms with E-state index in [2.05, 4.69) is 21.2 Å². The fourth-order valence-electron chi connectivity index (χ4n) is 3.46. The van der Waals surface area contributed by atoms with Crippen LogP contribution in [0.15, 0.2) is 22.6 Å². The predicted molar refractivity (Wildman–Crippen MR) is 103 cm³/mol. The van der Waals surface area contributed by atoms with Gasteiger partial charge in [-0.3, -0.25) is 4.79 Å². The lowest BCUT2D eigenvalue weighted by Gasteiger charge is -2.33. The predicted octanol–water partition coefficient (Wildman–Crippen LogP) is 3.16. The van der Waals surface area contributed by atoms with Crippen molar-refractivity contribution in [2.24, 2.45) is 0 Å². The first-order chi connectivity index (χ1) is 12.9. The van der Waals surface area contributed by atoms with Crippen molar-refractivity contribution in [3.8, 4) is 0 Å². The molecule has 3 heterocycles. The molecule has 1 saturated heterocycles. The van der Waals surface area contributed by atoms with E-state index in [1.54, 1.807) is 11.8 Å². The first-order valence-electron chi connectivity index (χ1n) is 8.84. The van der Waals surface area contributed by atoms with Crippen LogP contribution in [0.3, 0.4) is 0 Å². The number of aromatic nitrogens is 3. The minimum Gasteiger partial charge on any atom is -0.408 e. The number of hydrogen-bond donors (Lipinski definition) is 0. The number of piperazine rings is 1. The maximum Gasteiger partial charge on any atom is 0.318 e. The summed E-state index contributed by atoms with van der Waals surface area (Å²) >= 11 is 6.35. The Morgan fingerprint density at radius 2 is 1.81 bits per heavy atom. The second kappa shape index (κ2) is 6.81. The highest BCUT2D eigenvalue weighted by molar-refractivity contribution is 6.33. The zero-order valence-corrected chi connectivity index (χ0v) is 16.2. The van der Waals surface area contributed by atoms with E-state index in [0.717, 1.165) is 22.0 Å². The number of fused-ring (bicyclic) bond motifs is 1. The molecule has 0 radical (unpaired) electrons. The van der Waals surface area contributed by atoms with E-state index in [9.17, 15) is 4.79 Å². The molecule has 0 atom stereocenters. The first kappa shape index (κ1) is 17.7. The summed E-state index contributed by atoms with van der Waals surface area (Å²) in [5.74, 6) is 0.429. The minimum absolute atomic E-state index is 0.102. The van der Waals surface area contributed by atoms with E-state index in [4.69, 9.17) is 16.0 Å². The Kier molecular flexibility index (Phi) is 4.47. The van der Waals surface area contributed by atoms with Crippen LogP contribution in [0.5, 0.6) is 0 Å². The molecule has 1 aliphatic rings. The van der Waals surface area contributed by atoms with E-state index in [0.29, 0.717) is 43.6 Å². The Balaban J connectivity index is 1.55. The number of amides is 1. The topological polar surface area (TPSA) is 75.4 Å². The number of rotatable bonds is 2. The maximum absolute atomic E-state index is 13.0. The molecule has 1 fully saturated rings. The van der Waals surface area contributed by atoms with Crippen molar-refractivity contribution in [1.82, 2.24) is 20.1 Å². The second-order valence-electron chi connectivity index (χ2n) is 6.86. The van der Waals surface area contributed by atoms with Crippen molar-refractivity contribution < 1.29 is 9.21 Å². The molecule has 2 aromatic heterocycles. The van der Waals surface area contributed by atoms with Gasteiger partial charge in [-0.1, -0.05) is 28.3 Å². The lowest BCUT2D eigenvalue weighted by Crippen LogP contribution is -2.49. The Hall–Kier alpha value is -2.67. The summed E-state index contributed by atoms with van der Waals surface area (Å²) < 4.78 is 5.46. The van der Waals surface area contributed by atoms with E-state index >= 15 is 0 Å². The van der Waals surface area contributed by atoms with Gasteiger partial charge in [-0.15, -0.1) is 5.10 Å². The summed E-state index contributed by atoms with van der Waals surface area (Å²) in [4.78, 5) is 21.3. The smallest absolute Gasteiger partial charge is 0.318 e. The van der Waals surface area contributed by atoms with Gasteiger partial charge < -0.3 is 14.2 Å². The van der Waals surface area contributed by atoms with Crippen molar-refractivity contribution >= 4 is 34.4 Å². The van der Waals surface area contributed by atoms with Gasteiger partial charge >= 0.3 is 6.01 Å². The van der Waals surface area contributed by atoms with Crippen molar-refractivity contribution in [3.05, 3.63) is 45.9 Å². The van der Waals surface area contributed by atoms with Gasteiger partial charge in [0, 0.05) is 38.5 Å². The SMILES string of the molecule is Cc1cc(C)c2nc(Cl)c(C(=O)N3CCN(c4nnc(C)o4)CC3)cc2c1. The van der Waals surface area contributed by atoms with Gasteiger partial charge in [0.1, 0.15) is 5.15 Å². The molecule has 0 bridgehead atoms. The van der Waals surface area contributed by atoms with E-state index in [1.807, 2.05) is 30.9 Å². The number of carbonyl (C=O) groups is 1. The third kappa shape index (κ3) is 3.35. The number of halogens is 1. The molecule has 0 saturated carbocycles. The van der Waals surface area contributed by atoms with Crippen LogP contribution in [0.1, 0.15) is 27.4 Å². The molecule has 0 N–H and O–H groups in total. The molecule has 3 aromatic rings. The van der Waals surface area contributed by atoms with Gasteiger partial charge in [-0.05, 0) is 31.5 Å². The molecule has 8 heteroatoms. The van der Waals surface area contributed by atoms with Gasteiger partial charge in [-0.2, -0.15) is 0 Å². The highest BCUT2D eigenvalue weighted by atomic mass is 35.5. The standard InChI is InChI=1S/C19H20ClN5O2/c1-11-8-12(2)16-14(9-11)10-15(17(20)21-16)18(26)24-4-6-25(7-5-24)19-23-22-13(3)27-19/h8-10H,4-7H2,1-3H3. The Labute approximate surface area is 161 Å². The van der Waals surface area contributed by atoms with Crippen molar-refractivity contribution in [3.63, 3.8) is 0 Å². The Morgan fingerprint density at radius 3 is 2.48 bits per heavy atom. The summed E-state index contributed by atoms with van der Waals surface area (Å²) in [7, 11) is 0. The first-order valence-corrected chi connectivity index (χ1v) is 9.22. The van der Waals surface area contributed by atoms with Crippen LogP contribution in [0.4, 0.5) is 6.01 Å². The van der Waals surface area contributed by atoms with Gasteiger partial charge in [0.25, 0.3) is 5.91 Å². The minimum atomic E-state index is -0.102. The molecular weight excluding hydrogens is 366 g/mol. The summed E-state index contributed by atoms with van der Waals surface area (Å²) in [6.07, 6.45) is 0. The largest absolute Gasteiger partial charge is 0.408 e. The Bertz CT molecular complexity index is 1020. The monoisotopic (exact) mass is 385 g/mol. The molecule has 0 aliphatic carbocycles. The summed E-state index contributed by atoms with van der Waals surface area (Å²) in [6.45, 7) is 8.16. The number of nitrogens with zero attached hydrogens (tertiary/aromatic N) is 5. The van der Waals surface area contributed by atoms with E-state index in [1.165, 1.54) is 0 Å². The molecule has 0 spiro atoms. The second-order valence-corrected chi connectivity index (χ2v) is 7.22.